The van der Waals surface area contributed by atoms with Gasteiger partial charge in [0.05, 0.1) is 4.90 Å². The van der Waals surface area contributed by atoms with Gasteiger partial charge in [-0.15, -0.1) is 0 Å². The van der Waals surface area contributed by atoms with Gasteiger partial charge in [-0.1, -0.05) is 31.2 Å². The van der Waals surface area contributed by atoms with Crippen LogP contribution in [-0.4, -0.2) is 14.0 Å². The average Bonchev–Trinajstić information content (AvgIpc) is 2.28. The molecule has 106 valence electrons. The second-order valence-electron chi connectivity index (χ2n) is 5.52. The molecule has 1 aromatic rings. The highest BCUT2D eigenvalue weighted by Gasteiger charge is 2.24. The standard InChI is InChI=1S/C15H23NO2S/c1-6-12(7-2)13-10-8-9-11-14(13)19(17,18)16-15(3,4)5/h6,8-11,16H,7H2,1-5H3/b12-6-. The summed E-state index contributed by atoms with van der Waals surface area (Å²) < 4.78 is 27.6. The SMILES string of the molecule is C/C=C(/CC)c1ccccc1S(=O)(=O)NC(C)(C)C. The first kappa shape index (κ1) is 15.9. The second kappa shape index (κ2) is 5.88. The lowest BCUT2D eigenvalue weighted by atomic mass is 10.0. The molecular formula is C15H23NO2S. The minimum atomic E-state index is -3.50. The first-order valence-electron chi connectivity index (χ1n) is 6.50. The van der Waals surface area contributed by atoms with Gasteiger partial charge in [0.2, 0.25) is 10.0 Å². The molecule has 1 rings (SSSR count). The maximum absolute atomic E-state index is 12.5. The van der Waals surface area contributed by atoms with Crippen molar-refractivity contribution in [1.29, 1.82) is 0 Å². The fourth-order valence-electron chi connectivity index (χ4n) is 1.97. The van der Waals surface area contributed by atoms with Crippen LogP contribution in [-0.2, 0) is 10.0 Å². The van der Waals surface area contributed by atoms with Crippen LogP contribution >= 0.6 is 0 Å². The molecule has 1 N–H and O–H groups in total. The maximum atomic E-state index is 12.5. The zero-order valence-corrected chi connectivity index (χ0v) is 13.1. The lowest BCUT2D eigenvalue weighted by Gasteiger charge is -2.22. The van der Waals surface area contributed by atoms with E-state index in [9.17, 15) is 8.42 Å². The zero-order chi connectivity index (χ0) is 14.7. The predicted octanol–water partition coefficient (Wildman–Crippen LogP) is 3.58. The van der Waals surface area contributed by atoms with Crippen LogP contribution in [0.4, 0.5) is 0 Å². The van der Waals surface area contributed by atoms with E-state index in [4.69, 9.17) is 0 Å². The summed E-state index contributed by atoms with van der Waals surface area (Å²) in [7, 11) is -3.50. The zero-order valence-electron chi connectivity index (χ0n) is 12.3. The van der Waals surface area contributed by atoms with Crippen LogP contribution in [0.1, 0.15) is 46.6 Å². The minimum absolute atomic E-state index is 0.347. The Morgan fingerprint density at radius 3 is 2.32 bits per heavy atom. The molecular weight excluding hydrogens is 258 g/mol. The fraction of sp³-hybridized carbons (Fsp3) is 0.467. The molecule has 0 amide bonds. The van der Waals surface area contributed by atoms with E-state index < -0.39 is 15.6 Å². The van der Waals surface area contributed by atoms with Crippen molar-refractivity contribution < 1.29 is 8.42 Å². The van der Waals surface area contributed by atoms with E-state index in [1.54, 1.807) is 12.1 Å². The van der Waals surface area contributed by atoms with E-state index in [-0.39, 0.29) is 0 Å². The Bertz CT molecular complexity index is 566. The Balaban J connectivity index is 3.36. The smallest absolute Gasteiger partial charge is 0.207 e. The topological polar surface area (TPSA) is 46.2 Å². The Morgan fingerprint density at radius 1 is 1.26 bits per heavy atom. The number of hydrogen-bond donors (Lipinski definition) is 1. The molecule has 0 unspecified atom stereocenters. The predicted molar refractivity (Wildman–Crippen MR) is 80.5 cm³/mol. The molecule has 0 heterocycles. The van der Waals surface area contributed by atoms with Crippen molar-refractivity contribution in [2.75, 3.05) is 0 Å². The van der Waals surface area contributed by atoms with Crippen LogP contribution in [0.15, 0.2) is 35.2 Å². The maximum Gasteiger partial charge on any atom is 0.241 e. The number of benzene rings is 1. The molecule has 0 aliphatic heterocycles. The largest absolute Gasteiger partial charge is 0.241 e. The molecule has 0 saturated heterocycles. The minimum Gasteiger partial charge on any atom is -0.207 e. The number of hydrogen-bond acceptors (Lipinski definition) is 2. The summed E-state index contributed by atoms with van der Waals surface area (Å²) in [5.74, 6) is 0. The van der Waals surface area contributed by atoms with Crippen LogP contribution in [0.25, 0.3) is 5.57 Å². The van der Waals surface area contributed by atoms with Crippen molar-refractivity contribution in [2.24, 2.45) is 0 Å². The van der Waals surface area contributed by atoms with E-state index >= 15 is 0 Å². The molecule has 0 aliphatic carbocycles. The van der Waals surface area contributed by atoms with Gasteiger partial charge in [-0.3, -0.25) is 0 Å². The van der Waals surface area contributed by atoms with Crippen LogP contribution < -0.4 is 4.72 Å². The second-order valence-corrected chi connectivity index (χ2v) is 7.17. The third kappa shape index (κ3) is 4.18. The van der Waals surface area contributed by atoms with Crippen molar-refractivity contribution in [3.05, 3.63) is 35.9 Å². The van der Waals surface area contributed by atoms with Gasteiger partial charge in [0.25, 0.3) is 0 Å². The summed E-state index contributed by atoms with van der Waals surface area (Å²) in [6, 6.07) is 7.13. The summed E-state index contributed by atoms with van der Waals surface area (Å²) in [5.41, 5.74) is 1.33. The molecule has 0 bridgehead atoms. The van der Waals surface area contributed by atoms with E-state index in [2.05, 4.69) is 4.72 Å². The normalized spacial score (nSPS) is 13.6. The van der Waals surface area contributed by atoms with Gasteiger partial charge >= 0.3 is 0 Å². The van der Waals surface area contributed by atoms with Crippen LogP contribution in [0.2, 0.25) is 0 Å². The van der Waals surface area contributed by atoms with Gasteiger partial charge in [-0.2, -0.15) is 0 Å². The Labute approximate surface area is 116 Å². The van der Waals surface area contributed by atoms with E-state index in [0.717, 1.165) is 17.6 Å². The van der Waals surface area contributed by atoms with Gasteiger partial charge < -0.3 is 0 Å². The summed E-state index contributed by atoms with van der Waals surface area (Å²) in [6.07, 6.45) is 2.77. The summed E-state index contributed by atoms with van der Waals surface area (Å²) in [5, 5.41) is 0. The van der Waals surface area contributed by atoms with Crippen LogP contribution in [0.3, 0.4) is 0 Å². The molecule has 3 nitrogen and oxygen atoms in total. The third-order valence-electron chi connectivity index (χ3n) is 2.69. The van der Waals surface area contributed by atoms with Crippen molar-refractivity contribution >= 4 is 15.6 Å². The average molecular weight is 281 g/mol. The molecule has 0 atom stereocenters. The lowest BCUT2D eigenvalue weighted by molar-refractivity contribution is 0.491. The number of nitrogens with one attached hydrogen (secondary N) is 1. The van der Waals surface area contributed by atoms with Gasteiger partial charge in [-0.05, 0) is 51.3 Å². The van der Waals surface area contributed by atoms with Crippen molar-refractivity contribution in [1.82, 2.24) is 4.72 Å². The Kier molecular flexibility index (Phi) is 4.93. The summed E-state index contributed by atoms with van der Waals surface area (Å²) in [4.78, 5) is 0.347. The third-order valence-corrected chi connectivity index (χ3v) is 4.51. The lowest BCUT2D eigenvalue weighted by Crippen LogP contribution is -2.40. The van der Waals surface area contributed by atoms with Gasteiger partial charge in [0.15, 0.2) is 0 Å². The Morgan fingerprint density at radius 2 is 1.84 bits per heavy atom. The summed E-state index contributed by atoms with van der Waals surface area (Å²) in [6.45, 7) is 9.46. The molecule has 0 saturated carbocycles. The van der Waals surface area contributed by atoms with Crippen LogP contribution in [0, 0.1) is 0 Å². The van der Waals surface area contributed by atoms with E-state index in [0.29, 0.717) is 4.90 Å². The monoisotopic (exact) mass is 281 g/mol. The van der Waals surface area contributed by atoms with Crippen molar-refractivity contribution in [3.8, 4) is 0 Å². The van der Waals surface area contributed by atoms with Crippen LogP contribution in [0.5, 0.6) is 0 Å². The van der Waals surface area contributed by atoms with Gasteiger partial charge in [-0.25, -0.2) is 13.1 Å². The molecule has 19 heavy (non-hydrogen) atoms. The molecule has 0 radical (unpaired) electrons. The molecule has 1 aromatic carbocycles. The van der Waals surface area contributed by atoms with Crippen molar-refractivity contribution in [2.45, 2.75) is 51.5 Å². The quantitative estimate of drug-likeness (QED) is 0.917. The molecule has 0 spiro atoms. The molecule has 0 aromatic heterocycles. The number of sulfonamides is 1. The first-order chi connectivity index (χ1) is 8.71. The highest BCUT2D eigenvalue weighted by atomic mass is 32.2. The summed E-state index contributed by atoms with van der Waals surface area (Å²) >= 11 is 0. The number of allylic oxidation sites excluding steroid dienone is 2. The molecule has 0 fully saturated rings. The highest BCUT2D eigenvalue weighted by molar-refractivity contribution is 7.89. The van der Waals surface area contributed by atoms with E-state index in [1.807, 2.05) is 52.8 Å². The molecule has 0 aliphatic rings. The Hall–Kier alpha value is -1.13. The first-order valence-corrected chi connectivity index (χ1v) is 7.98. The number of rotatable bonds is 4. The molecule has 4 heteroatoms. The van der Waals surface area contributed by atoms with Gasteiger partial charge in [0.1, 0.15) is 0 Å². The van der Waals surface area contributed by atoms with Crippen molar-refractivity contribution in [3.63, 3.8) is 0 Å². The van der Waals surface area contributed by atoms with Gasteiger partial charge in [0, 0.05) is 5.54 Å². The van der Waals surface area contributed by atoms with E-state index in [1.165, 1.54) is 0 Å². The highest BCUT2D eigenvalue weighted by Crippen LogP contribution is 2.26. The fourth-order valence-corrected chi connectivity index (χ4v) is 3.64.